The number of carbonyl (C=O) groups is 1. The number of likely N-dealkylation sites (tertiary alicyclic amines) is 1. The number of rotatable bonds is 4. The Kier molecular flexibility index (Phi) is 5.52. The van der Waals surface area contributed by atoms with E-state index in [4.69, 9.17) is 4.74 Å². The number of halogens is 1. The van der Waals surface area contributed by atoms with Crippen molar-refractivity contribution in [2.45, 2.75) is 46.3 Å². The molecule has 0 unspecified atom stereocenters. The van der Waals surface area contributed by atoms with E-state index in [0.29, 0.717) is 0 Å². The molecular formula is C20H25BrN2O2. The van der Waals surface area contributed by atoms with Gasteiger partial charge in [0.1, 0.15) is 17.5 Å². The Hall–Kier alpha value is -1.75. The molecule has 0 N–H and O–H groups in total. The number of benzene rings is 1. The summed E-state index contributed by atoms with van der Waals surface area (Å²) >= 11 is 3.46. The molecule has 25 heavy (non-hydrogen) atoms. The summed E-state index contributed by atoms with van der Waals surface area (Å²) in [7, 11) is 0. The zero-order valence-corrected chi connectivity index (χ0v) is 16.7. The highest BCUT2D eigenvalue weighted by molar-refractivity contribution is 9.10. The number of aryl methyl sites for hydroxylation is 3. The lowest BCUT2D eigenvalue weighted by Crippen LogP contribution is -2.42. The van der Waals surface area contributed by atoms with E-state index in [1.807, 2.05) is 28.7 Å². The van der Waals surface area contributed by atoms with Crippen LogP contribution in [0.3, 0.4) is 0 Å². The van der Waals surface area contributed by atoms with Crippen molar-refractivity contribution in [2.75, 3.05) is 13.1 Å². The molecule has 1 aliphatic heterocycles. The third kappa shape index (κ3) is 3.92. The normalized spacial score (nSPS) is 15.4. The SMILES string of the molecule is CCn1cc(Br)cc1C(=O)N1CCC(Oc2c(C)cccc2C)CC1. The van der Waals surface area contributed by atoms with Gasteiger partial charge >= 0.3 is 0 Å². The first-order valence-corrected chi connectivity index (χ1v) is 9.66. The van der Waals surface area contributed by atoms with E-state index in [9.17, 15) is 4.79 Å². The molecule has 0 aliphatic carbocycles. The maximum atomic E-state index is 12.8. The van der Waals surface area contributed by atoms with Crippen LogP contribution in [0.1, 0.15) is 41.4 Å². The number of para-hydroxylation sites is 1. The first kappa shape index (κ1) is 18.1. The minimum atomic E-state index is 0.109. The van der Waals surface area contributed by atoms with Crippen molar-refractivity contribution in [1.29, 1.82) is 0 Å². The van der Waals surface area contributed by atoms with E-state index in [0.717, 1.165) is 48.4 Å². The van der Waals surface area contributed by atoms with Crippen molar-refractivity contribution in [3.63, 3.8) is 0 Å². The van der Waals surface area contributed by atoms with Crippen molar-refractivity contribution in [3.05, 3.63) is 51.8 Å². The molecule has 1 aromatic heterocycles. The maximum absolute atomic E-state index is 12.8. The highest BCUT2D eigenvalue weighted by atomic mass is 79.9. The molecule has 0 radical (unpaired) electrons. The van der Waals surface area contributed by atoms with E-state index < -0.39 is 0 Å². The van der Waals surface area contributed by atoms with Gasteiger partial charge in [0, 0.05) is 43.1 Å². The average Bonchev–Trinajstić information content (AvgIpc) is 2.99. The van der Waals surface area contributed by atoms with E-state index in [1.54, 1.807) is 0 Å². The van der Waals surface area contributed by atoms with Crippen LogP contribution in [0.15, 0.2) is 34.9 Å². The van der Waals surface area contributed by atoms with Gasteiger partial charge in [0.05, 0.1) is 0 Å². The number of aromatic nitrogens is 1. The van der Waals surface area contributed by atoms with Crippen LogP contribution in [0.2, 0.25) is 0 Å². The number of carbonyl (C=O) groups excluding carboxylic acids is 1. The number of hydrogen-bond donors (Lipinski definition) is 0. The zero-order chi connectivity index (χ0) is 18.0. The second-order valence-corrected chi connectivity index (χ2v) is 7.58. The lowest BCUT2D eigenvalue weighted by atomic mass is 10.1. The molecule has 1 saturated heterocycles. The molecular weight excluding hydrogens is 380 g/mol. The van der Waals surface area contributed by atoms with Crippen LogP contribution >= 0.6 is 15.9 Å². The summed E-state index contributed by atoms with van der Waals surface area (Å²) in [6.07, 6.45) is 3.87. The molecule has 134 valence electrons. The van der Waals surface area contributed by atoms with Crippen molar-refractivity contribution in [3.8, 4) is 5.75 Å². The smallest absolute Gasteiger partial charge is 0.270 e. The Morgan fingerprint density at radius 3 is 2.48 bits per heavy atom. The van der Waals surface area contributed by atoms with E-state index in [-0.39, 0.29) is 12.0 Å². The molecule has 2 aromatic rings. The fourth-order valence-electron chi connectivity index (χ4n) is 3.41. The predicted molar refractivity (Wildman–Crippen MR) is 103 cm³/mol. The molecule has 2 heterocycles. The number of piperidine rings is 1. The number of nitrogens with zero attached hydrogens (tertiary/aromatic N) is 2. The Labute approximate surface area is 157 Å². The molecule has 1 amide bonds. The van der Waals surface area contributed by atoms with Crippen LogP contribution in [-0.4, -0.2) is 34.6 Å². The second-order valence-electron chi connectivity index (χ2n) is 6.66. The van der Waals surface area contributed by atoms with Crippen LogP contribution < -0.4 is 4.74 Å². The van der Waals surface area contributed by atoms with Gasteiger partial charge in [-0.15, -0.1) is 0 Å². The first-order valence-electron chi connectivity index (χ1n) is 8.87. The third-order valence-corrected chi connectivity index (χ3v) is 5.28. The van der Waals surface area contributed by atoms with Gasteiger partial charge in [-0.25, -0.2) is 0 Å². The molecule has 0 bridgehead atoms. The van der Waals surface area contributed by atoms with Crippen LogP contribution in [0, 0.1) is 13.8 Å². The molecule has 0 saturated carbocycles. The summed E-state index contributed by atoms with van der Waals surface area (Å²) < 4.78 is 9.19. The minimum absolute atomic E-state index is 0.109. The van der Waals surface area contributed by atoms with Gasteiger partial charge in [0.2, 0.25) is 0 Å². The van der Waals surface area contributed by atoms with Gasteiger partial charge in [0.25, 0.3) is 5.91 Å². The largest absolute Gasteiger partial charge is 0.490 e. The molecule has 5 heteroatoms. The molecule has 3 rings (SSSR count). The van der Waals surface area contributed by atoms with Gasteiger partial charge in [-0.2, -0.15) is 0 Å². The fourth-order valence-corrected chi connectivity index (χ4v) is 3.87. The van der Waals surface area contributed by atoms with Gasteiger partial charge in [0.15, 0.2) is 0 Å². The van der Waals surface area contributed by atoms with Crippen LogP contribution in [0.5, 0.6) is 5.75 Å². The summed E-state index contributed by atoms with van der Waals surface area (Å²) in [5.74, 6) is 1.11. The number of hydrogen-bond acceptors (Lipinski definition) is 2. The molecule has 1 aromatic carbocycles. The summed E-state index contributed by atoms with van der Waals surface area (Å²) in [4.78, 5) is 14.8. The van der Waals surface area contributed by atoms with Crippen molar-refractivity contribution >= 4 is 21.8 Å². The fraction of sp³-hybridized carbons (Fsp3) is 0.450. The van der Waals surface area contributed by atoms with Crippen molar-refractivity contribution < 1.29 is 9.53 Å². The van der Waals surface area contributed by atoms with Gasteiger partial charge in [-0.3, -0.25) is 4.79 Å². The Morgan fingerprint density at radius 2 is 1.88 bits per heavy atom. The Balaban J connectivity index is 1.63. The van der Waals surface area contributed by atoms with Crippen molar-refractivity contribution in [2.24, 2.45) is 0 Å². The van der Waals surface area contributed by atoms with Crippen LogP contribution in [0.25, 0.3) is 0 Å². The molecule has 1 aliphatic rings. The molecule has 0 atom stereocenters. The van der Waals surface area contributed by atoms with E-state index in [1.165, 1.54) is 11.1 Å². The number of amides is 1. The molecule has 4 nitrogen and oxygen atoms in total. The van der Waals surface area contributed by atoms with E-state index >= 15 is 0 Å². The van der Waals surface area contributed by atoms with Gasteiger partial charge in [-0.1, -0.05) is 18.2 Å². The predicted octanol–water partition coefficient (Wildman–Crippen LogP) is 4.57. The average molecular weight is 405 g/mol. The van der Waals surface area contributed by atoms with Crippen LogP contribution in [-0.2, 0) is 6.54 Å². The summed E-state index contributed by atoms with van der Waals surface area (Å²) in [5.41, 5.74) is 3.09. The lowest BCUT2D eigenvalue weighted by molar-refractivity contribution is 0.0583. The highest BCUT2D eigenvalue weighted by Gasteiger charge is 2.27. The maximum Gasteiger partial charge on any atom is 0.270 e. The quantitative estimate of drug-likeness (QED) is 0.747. The van der Waals surface area contributed by atoms with Crippen molar-refractivity contribution in [1.82, 2.24) is 9.47 Å². The lowest BCUT2D eigenvalue weighted by Gasteiger charge is -2.33. The monoisotopic (exact) mass is 404 g/mol. The standard InChI is InChI=1S/C20H25BrN2O2/c1-4-22-13-16(21)12-18(22)20(24)23-10-8-17(9-11-23)25-19-14(2)6-5-7-15(19)3/h5-7,12-13,17H,4,8-11H2,1-3H3. The summed E-state index contributed by atoms with van der Waals surface area (Å²) in [6.45, 7) is 8.48. The van der Waals surface area contributed by atoms with Gasteiger partial charge < -0.3 is 14.2 Å². The highest BCUT2D eigenvalue weighted by Crippen LogP contribution is 2.27. The first-order chi connectivity index (χ1) is 12.0. The second kappa shape index (κ2) is 7.65. The summed E-state index contributed by atoms with van der Waals surface area (Å²) in [6, 6.07) is 8.13. The number of ether oxygens (including phenoxy) is 1. The molecule has 1 fully saturated rings. The zero-order valence-electron chi connectivity index (χ0n) is 15.1. The Morgan fingerprint density at radius 1 is 1.24 bits per heavy atom. The topological polar surface area (TPSA) is 34.5 Å². The third-order valence-electron chi connectivity index (χ3n) is 4.85. The minimum Gasteiger partial charge on any atom is -0.490 e. The molecule has 0 spiro atoms. The Bertz CT molecular complexity index is 741. The van der Waals surface area contributed by atoms with E-state index in [2.05, 4.69) is 48.0 Å². The summed E-state index contributed by atoms with van der Waals surface area (Å²) in [5, 5.41) is 0. The van der Waals surface area contributed by atoms with Gasteiger partial charge in [-0.05, 0) is 53.9 Å². The van der Waals surface area contributed by atoms with Crippen LogP contribution in [0.4, 0.5) is 0 Å².